The number of methoxy groups -OCH3 is 1. The first-order chi connectivity index (χ1) is 14.8. The Kier molecular flexibility index (Phi) is 7.78. The first-order valence-corrected chi connectivity index (χ1v) is 11.6. The van der Waals surface area contributed by atoms with Crippen molar-refractivity contribution in [3.05, 3.63) is 46.4 Å². The summed E-state index contributed by atoms with van der Waals surface area (Å²) in [6.07, 6.45) is -0.628. The Morgan fingerprint density at radius 2 is 1.81 bits per heavy atom. The molecule has 11 heteroatoms. The van der Waals surface area contributed by atoms with Gasteiger partial charge in [-0.25, -0.2) is 18.3 Å². The lowest BCUT2D eigenvalue weighted by atomic mass is 10.0. The summed E-state index contributed by atoms with van der Waals surface area (Å²) in [5.74, 6) is -0.848. The zero-order valence-electron chi connectivity index (χ0n) is 18.7. The highest BCUT2D eigenvalue weighted by Gasteiger charge is 2.28. The highest BCUT2D eigenvalue weighted by atomic mass is 32.2. The van der Waals surface area contributed by atoms with Gasteiger partial charge in [0.15, 0.2) is 9.84 Å². The van der Waals surface area contributed by atoms with E-state index in [9.17, 15) is 22.8 Å². The molecule has 1 heterocycles. The number of nitrogens with zero attached hydrogens (tertiary/aromatic N) is 1. The van der Waals surface area contributed by atoms with E-state index in [4.69, 9.17) is 0 Å². The Morgan fingerprint density at radius 3 is 2.34 bits per heavy atom. The van der Waals surface area contributed by atoms with E-state index < -0.39 is 38.9 Å². The van der Waals surface area contributed by atoms with E-state index in [-0.39, 0.29) is 22.8 Å². The quantitative estimate of drug-likeness (QED) is 0.569. The van der Waals surface area contributed by atoms with Crippen LogP contribution in [0.3, 0.4) is 0 Å². The number of benzene rings is 1. The number of aromatic nitrogens is 2. The molecule has 174 valence electrons. The summed E-state index contributed by atoms with van der Waals surface area (Å²) < 4.78 is 29.9. The average Bonchev–Trinajstić information content (AvgIpc) is 2.66. The summed E-state index contributed by atoms with van der Waals surface area (Å²) in [6.45, 7) is 6.72. The van der Waals surface area contributed by atoms with E-state index in [0.717, 1.165) is 0 Å². The van der Waals surface area contributed by atoms with Crippen LogP contribution in [0.5, 0.6) is 0 Å². The second-order valence-corrected chi connectivity index (χ2v) is 10.7. The molecule has 0 aliphatic rings. The van der Waals surface area contributed by atoms with E-state index in [1.807, 2.05) is 20.8 Å². The topological polar surface area (TPSA) is 147 Å². The molecule has 0 aliphatic heterocycles. The normalized spacial score (nSPS) is 12.7. The third kappa shape index (κ3) is 7.49. The number of ether oxygens (including phenoxy) is 1. The van der Waals surface area contributed by atoms with Crippen LogP contribution < -0.4 is 16.2 Å². The first-order valence-electron chi connectivity index (χ1n) is 9.82. The van der Waals surface area contributed by atoms with E-state index in [2.05, 4.69) is 25.6 Å². The third-order valence-electron chi connectivity index (χ3n) is 4.26. The largest absolute Gasteiger partial charge is 0.453 e. The Morgan fingerprint density at radius 1 is 1.19 bits per heavy atom. The summed E-state index contributed by atoms with van der Waals surface area (Å²) in [7, 11) is -2.29. The molecule has 0 bridgehead atoms. The van der Waals surface area contributed by atoms with E-state index in [0.29, 0.717) is 11.3 Å². The van der Waals surface area contributed by atoms with Gasteiger partial charge in [-0.1, -0.05) is 32.9 Å². The number of anilines is 1. The van der Waals surface area contributed by atoms with Crippen LogP contribution in [0.1, 0.15) is 39.4 Å². The molecule has 1 aromatic carbocycles. The van der Waals surface area contributed by atoms with E-state index in [1.165, 1.54) is 20.1 Å². The summed E-state index contributed by atoms with van der Waals surface area (Å²) in [5.41, 5.74) is 0.498. The van der Waals surface area contributed by atoms with Crippen LogP contribution in [0.4, 0.5) is 10.5 Å². The summed E-state index contributed by atoms with van der Waals surface area (Å²) in [5, 5.41) is 11.5. The fourth-order valence-electron chi connectivity index (χ4n) is 3.14. The summed E-state index contributed by atoms with van der Waals surface area (Å²) in [6, 6.07) is 6.92. The Bertz CT molecular complexity index is 1130. The second kappa shape index (κ2) is 9.94. The van der Waals surface area contributed by atoms with Gasteiger partial charge in [0.2, 0.25) is 5.91 Å². The standard InChI is InChI=1S/C21H28N4O6S/c1-13(26)22-18(11-32(29,30)12-21(2,3)4)17-10-16(19(27)25-24-17)14-6-8-15(9-7-14)23-20(28)31-5/h6-10,18H,11-12H2,1-5H3,(H,22,26)(H,23,28)(H,25,27)/t18-/m0/s1. The number of aromatic amines is 1. The SMILES string of the molecule is COC(=O)Nc1ccc(-c2cc([C@H](CS(=O)(=O)CC(C)(C)C)NC(C)=O)n[nH]c2=O)cc1. The van der Waals surface area contributed by atoms with Gasteiger partial charge < -0.3 is 10.1 Å². The minimum absolute atomic E-state index is 0.0685. The molecule has 2 amide bonds. The zero-order valence-corrected chi connectivity index (χ0v) is 19.5. The molecule has 0 spiro atoms. The number of sulfone groups is 1. The molecule has 1 atom stereocenters. The molecular formula is C21H28N4O6S. The van der Waals surface area contributed by atoms with Gasteiger partial charge in [-0.15, -0.1) is 0 Å². The van der Waals surface area contributed by atoms with Crippen LogP contribution in [-0.4, -0.2) is 49.2 Å². The lowest BCUT2D eigenvalue weighted by Crippen LogP contribution is -2.35. The number of H-pyrrole nitrogens is 1. The highest BCUT2D eigenvalue weighted by molar-refractivity contribution is 7.91. The van der Waals surface area contributed by atoms with Gasteiger partial charge >= 0.3 is 6.09 Å². The maximum atomic E-state index is 12.7. The minimum atomic E-state index is -3.54. The molecule has 2 aromatic rings. The van der Waals surface area contributed by atoms with Crippen molar-refractivity contribution in [2.24, 2.45) is 5.41 Å². The number of rotatable bonds is 7. The molecule has 1 aromatic heterocycles. The first kappa shape index (κ1) is 25.1. The van der Waals surface area contributed by atoms with Crippen molar-refractivity contribution < 1.29 is 22.7 Å². The Balaban J connectivity index is 2.39. The van der Waals surface area contributed by atoms with Crippen LogP contribution in [0, 0.1) is 5.41 Å². The molecule has 0 saturated heterocycles. The molecule has 0 radical (unpaired) electrons. The number of carbonyl (C=O) groups is 2. The van der Waals surface area contributed by atoms with Crippen LogP contribution in [-0.2, 0) is 19.4 Å². The van der Waals surface area contributed by atoms with Crippen LogP contribution in [0.25, 0.3) is 11.1 Å². The molecule has 0 unspecified atom stereocenters. The van der Waals surface area contributed by atoms with Crippen molar-refractivity contribution >= 4 is 27.5 Å². The smallest absolute Gasteiger partial charge is 0.411 e. The summed E-state index contributed by atoms with van der Waals surface area (Å²) >= 11 is 0. The van der Waals surface area contributed by atoms with E-state index in [1.54, 1.807) is 24.3 Å². The van der Waals surface area contributed by atoms with Crippen molar-refractivity contribution in [3.8, 4) is 11.1 Å². The van der Waals surface area contributed by atoms with Gasteiger partial charge in [0.1, 0.15) is 0 Å². The molecule has 32 heavy (non-hydrogen) atoms. The molecule has 10 nitrogen and oxygen atoms in total. The fourth-order valence-corrected chi connectivity index (χ4v) is 5.33. The molecule has 0 aliphatic carbocycles. The maximum Gasteiger partial charge on any atom is 0.411 e. The highest BCUT2D eigenvalue weighted by Crippen LogP contribution is 2.23. The second-order valence-electron chi connectivity index (χ2n) is 8.60. The predicted octanol–water partition coefficient (Wildman–Crippen LogP) is 2.25. The van der Waals surface area contributed by atoms with Gasteiger partial charge in [0.05, 0.1) is 35.9 Å². The molecule has 0 fully saturated rings. The van der Waals surface area contributed by atoms with Crippen LogP contribution in [0.2, 0.25) is 0 Å². The zero-order chi connectivity index (χ0) is 24.1. The Labute approximate surface area is 186 Å². The van der Waals surface area contributed by atoms with Gasteiger partial charge in [-0.2, -0.15) is 5.10 Å². The number of hydrogen-bond donors (Lipinski definition) is 3. The lowest BCUT2D eigenvalue weighted by Gasteiger charge is -2.22. The van der Waals surface area contributed by atoms with Crippen molar-refractivity contribution in [3.63, 3.8) is 0 Å². The van der Waals surface area contributed by atoms with Crippen LogP contribution >= 0.6 is 0 Å². The number of hydrogen-bond acceptors (Lipinski definition) is 7. The van der Waals surface area contributed by atoms with Crippen molar-refractivity contribution in [1.29, 1.82) is 0 Å². The minimum Gasteiger partial charge on any atom is -0.453 e. The molecule has 2 rings (SSSR count). The van der Waals surface area contributed by atoms with Gasteiger partial charge in [-0.05, 0) is 29.2 Å². The van der Waals surface area contributed by atoms with Gasteiger partial charge in [0, 0.05) is 12.6 Å². The number of amides is 2. The van der Waals surface area contributed by atoms with Crippen molar-refractivity contribution in [2.75, 3.05) is 23.9 Å². The number of nitrogens with one attached hydrogen (secondary N) is 3. The van der Waals surface area contributed by atoms with Gasteiger partial charge in [0.25, 0.3) is 5.56 Å². The Hall–Kier alpha value is -3.21. The monoisotopic (exact) mass is 464 g/mol. The third-order valence-corrected chi connectivity index (χ3v) is 6.41. The van der Waals surface area contributed by atoms with Crippen LogP contribution in [0.15, 0.2) is 35.1 Å². The average molecular weight is 465 g/mol. The maximum absolute atomic E-state index is 12.7. The lowest BCUT2D eigenvalue weighted by molar-refractivity contribution is -0.119. The fraction of sp³-hybridized carbons (Fsp3) is 0.429. The number of carbonyl (C=O) groups excluding carboxylic acids is 2. The molecule has 0 saturated carbocycles. The molecule has 3 N–H and O–H groups in total. The van der Waals surface area contributed by atoms with Crippen molar-refractivity contribution in [2.45, 2.75) is 33.7 Å². The predicted molar refractivity (Wildman–Crippen MR) is 121 cm³/mol. The van der Waals surface area contributed by atoms with E-state index >= 15 is 0 Å². The summed E-state index contributed by atoms with van der Waals surface area (Å²) in [4.78, 5) is 35.4. The van der Waals surface area contributed by atoms with Crippen molar-refractivity contribution in [1.82, 2.24) is 15.5 Å². The molecular weight excluding hydrogens is 436 g/mol. The van der Waals surface area contributed by atoms with Gasteiger partial charge in [-0.3, -0.25) is 14.9 Å².